The second kappa shape index (κ2) is 65.9. The highest BCUT2D eigenvalue weighted by atomic mass is 16.6. The van der Waals surface area contributed by atoms with Gasteiger partial charge in [-0.25, -0.2) is 0 Å². The summed E-state index contributed by atoms with van der Waals surface area (Å²) in [6.07, 6.45) is 83.0. The first kappa shape index (κ1) is 74.4. The number of allylic oxidation sites excluding steroid dienone is 8. The SMILES string of the molecule is CC/C=C\C/C=C\C/C=C\C/C=C\CCCCCCCCCCCCCCCCCCCCCCCCC(=O)OCC(COC(=O)CCCCCCCCCCCC)OC(=O)CCCCCCCCCCCCCCCC. The number of ether oxygens (including phenoxy) is 3. The number of hydrogen-bond acceptors (Lipinski definition) is 6. The third kappa shape index (κ3) is 64.1. The van der Waals surface area contributed by atoms with E-state index in [1.165, 1.54) is 244 Å². The number of rotatable bonds is 63. The Morgan fingerprint density at radius 3 is 0.792 bits per heavy atom. The zero-order valence-electron chi connectivity index (χ0n) is 51.7. The second-order valence-corrected chi connectivity index (χ2v) is 23.1. The number of unbranched alkanes of at least 4 members (excludes halogenated alkanes) is 44. The molecule has 0 N–H and O–H groups in total. The molecule has 0 radical (unpaired) electrons. The van der Waals surface area contributed by atoms with E-state index < -0.39 is 6.10 Å². The lowest BCUT2D eigenvalue weighted by Crippen LogP contribution is -2.30. The maximum Gasteiger partial charge on any atom is 0.306 e. The number of hydrogen-bond donors (Lipinski definition) is 0. The first-order valence-corrected chi connectivity index (χ1v) is 34.1. The lowest BCUT2D eigenvalue weighted by molar-refractivity contribution is -0.167. The van der Waals surface area contributed by atoms with Crippen LogP contribution in [0.3, 0.4) is 0 Å². The monoisotopic (exact) mass is 1080 g/mol. The Kier molecular flexibility index (Phi) is 63.6. The number of carbonyl (C=O) groups excluding carboxylic acids is 3. The van der Waals surface area contributed by atoms with Crippen molar-refractivity contribution in [3.05, 3.63) is 48.6 Å². The molecule has 77 heavy (non-hydrogen) atoms. The summed E-state index contributed by atoms with van der Waals surface area (Å²) in [4.78, 5) is 38.2. The Bertz CT molecular complexity index is 1330. The Hall–Kier alpha value is -2.63. The van der Waals surface area contributed by atoms with Gasteiger partial charge in [0.2, 0.25) is 0 Å². The molecule has 0 aliphatic carbocycles. The number of carbonyl (C=O) groups is 3. The average Bonchev–Trinajstić information content (AvgIpc) is 3.43. The van der Waals surface area contributed by atoms with Crippen molar-refractivity contribution >= 4 is 17.9 Å². The summed E-state index contributed by atoms with van der Waals surface area (Å²) in [5, 5.41) is 0. The molecule has 0 rings (SSSR count). The minimum Gasteiger partial charge on any atom is -0.462 e. The summed E-state index contributed by atoms with van der Waals surface area (Å²) in [6.45, 7) is 6.57. The second-order valence-electron chi connectivity index (χ2n) is 23.1. The topological polar surface area (TPSA) is 78.9 Å². The van der Waals surface area contributed by atoms with E-state index in [0.29, 0.717) is 19.3 Å². The molecule has 0 heterocycles. The predicted molar refractivity (Wildman–Crippen MR) is 335 cm³/mol. The van der Waals surface area contributed by atoms with Crippen LogP contribution in [0.2, 0.25) is 0 Å². The van der Waals surface area contributed by atoms with E-state index in [1.807, 2.05) is 0 Å². The normalized spacial score (nSPS) is 12.3. The highest BCUT2D eigenvalue weighted by molar-refractivity contribution is 5.71. The van der Waals surface area contributed by atoms with Crippen LogP contribution in [0.5, 0.6) is 0 Å². The highest BCUT2D eigenvalue weighted by Crippen LogP contribution is 2.18. The Morgan fingerprint density at radius 2 is 0.506 bits per heavy atom. The van der Waals surface area contributed by atoms with Crippen LogP contribution in [0.1, 0.15) is 367 Å². The van der Waals surface area contributed by atoms with Crippen LogP contribution < -0.4 is 0 Å². The molecule has 0 bridgehead atoms. The standard InChI is InChI=1S/C71H130O6/c1-4-7-10-13-16-19-22-24-26-27-28-29-30-31-32-33-34-35-36-37-38-39-40-41-42-43-44-45-46-48-49-52-55-58-61-64-70(73)76-67-68(66-75-69(72)63-60-57-54-51-21-18-15-12-9-6-3)77-71(74)65-62-59-56-53-50-47-25-23-20-17-14-11-8-5-2/h7,10,16,19,24,26,28-29,68H,4-6,8-9,11-15,17-18,20-23,25,27,30-67H2,1-3H3/b10-7-,19-16-,26-24-,29-28-. The Labute approximate surface area is 479 Å². The first-order chi connectivity index (χ1) is 38.0. The Balaban J connectivity index is 3.98. The van der Waals surface area contributed by atoms with Crippen LogP contribution in [-0.2, 0) is 28.6 Å². The number of esters is 3. The fourth-order valence-corrected chi connectivity index (χ4v) is 10.3. The van der Waals surface area contributed by atoms with Gasteiger partial charge in [-0.3, -0.25) is 14.4 Å². The molecule has 6 heteroatoms. The van der Waals surface area contributed by atoms with E-state index in [9.17, 15) is 14.4 Å². The zero-order valence-corrected chi connectivity index (χ0v) is 51.7. The van der Waals surface area contributed by atoms with E-state index in [-0.39, 0.29) is 31.1 Å². The van der Waals surface area contributed by atoms with Crippen molar-refractivity contribution in [3.8, 4) is 0 Å². The quantitative estimate of drug-likeness (QED) is 0.0261. The van der Waals surface area contributed by atoms with Crippen LogP contribution >= 0.6 is 0 Å². The van der Waals surface area contributed by atoms with Gasteiger partial charge in [-0.1, -0.05) is 339 Å². The van der Waals surface area contributed by atoms with Gasteiger partial charge >= 0.3 is 17.9 Å². The molecule has 0 aromatic carbocycles. The molecular formula is C71H130O6. The molecule has 0 saturated carbocycles. The predicted octanol–water partition coefficient (Wildman–Crippen LogP) is 23.3. The molecule has 0 fully saturated rings. The van der Waals surface area contributed by atoms with Crippen LogP contribution in [0.15, 0.2) is 48.6 Å². The van der Waals surface area contributed by atoms with Crippen molar-refractivity contribution in [2.24, 2.45) is 0 Å². The minimum absolute atomic E-state index is 0.0648. The molecule has 0 aromatic rings. The molecule has 0 aliphatic heterocycles. The summed E-state index contributed by atoms with van der Waals surface area (Å²) in [6, 6.07) is 0. The highest BCUT2D eigenvalue weighted by Gasteiger charge is 2.19. The van der Waals surface area contributed by atoms with Gasteiger partial charge in [0.15, 0.2) is 6.10 Å². The molecular weight excluding hydrogens is 949 g/mol. The lowest BCUT2D eigenvalue weighted by Gasteiger charge is -2.18. The summed E-state index contributed by atoms with van der Waals surface area (Å²) in [5.41, 5.74) is 0. The van der Waals surface area contributed by atoms with Crippen LogP contribution in [-0.4, -0.2) is 37.2 Å². The fourth-order valence-electron chi connectivity index (χ4n) is 10.3. The van der Waals surface area contributed by atoms with Crippen molar-refractivity contribution in [2.45, 2.75) is 374 Å². The molecule has 6 nitrogen and oxygen atoms in total. The first-order valence-electron chi connectivity index (χ1n) is 34.1. The van der Waals surface area contributed by atoms with Crippen LogP contribution in [0, 0.1) is 0 Å². The van der Waals surface area contributed by atoms with E-state index in [1.54, 1.807) is 0 Å². The molecule has 0 saturated heterocycles. The van der Waals surface area contributed by atoms with Crippen LogP contribution in [0.4, 0.5) is 0 Å². The van der Waals surface area contributed by atoms with Gasteiger partial charge in [0.05, 0.1) is 0 Å². The summed E-state index contributed by atoms with van der Waals surface area (Å²) < 4.78 is 16.9. The zero-order chi connectivity index (χ0) is 55.7. The van der Waals surface area contributed by atoms with E-state index >= 15 is 0 Å². The molecule has 0 aromatic heterocycles. The third-order valence-electron chi connectivity index (χ3n) is 15.3. The lowest BCUT2D eigenvalue weighted by atomic mass is 10.0. The van der Waals surface area contributed by atoms with E-state index in [0.717, 1.165) is 83.5 Å². The van der Waals surface area contributed by atoms with Gasteiger partial charge < -0.3 is 14.2 Å². The van der Waals surface area contributed by atoms with Crippen LogP contribution in [0.25, 0.3) is 0 Å². The van der Waals surface area contributed by atoms with Crippen molar-refractivity contribution in [1.82, 2.24) is 0 Å². The minimum atomic E-state index is -0.765. The van der Waals surface area contributed by atoms with Gasteiger partial charge in [0, 0.05) is 19.3 Å². The van der Waals surface area contributed by atoms with Crippen molar-refractivity contribution in [3.63, 3.8) is 0 Å². The van der Waals surface area contributed by atoms with Gasteiger partial charge in [0.25, 0.3) is 0 Å². The van der Waals surface area contributed by atoms with Gasteiger partial charge in [-0.15, -0.1) is 0 Å². The molecule has 0 spiro atoms. The maximum atomic E-state index is 12.9. The average molecular weight is 1080 g/mol. The fraction of sp³-hybridized carbons (Fsp3) is 0.845. The molecule has 1 unspecified atom stereocenters. The van der Waals surface area contributed by atoms with Gasteiger partial charge in [-0.05, 0) is 57.8 Å². The molecule has 450 valence electrons. The maximum absolute atomic E-state index is 12.9. The molecule has 1 atom stereocenters. The summed E-state index contributed by atoms with van der Waals surface area (Å²) in [7, 11) is 0. The Morgan fingerprint density at radius 1 is 0.273 bits per heavy atom. The van der Waals surface area contributed by atoms with E-state index in [4.69, 9.17) is 14.2 Å². The van der Waals surface area contributed by atoms with Gasteiger partial charge in [-0.2, -0.15) is 0 Å². The van der Waals surface area contributed by atoms with Crippen molar-refractivity contribution in [2.75, 3.05) is 13.2 Å². The van der Waals surface area contributed by atoms with Crippen molar-refractivity contribution < 1.29 is 28.6 Å². The summed E-state index contributed by atoms with van der Waals surface area (Å²) in [5.74, 6) is -0.840. The third-order valence-corrected chi connectivity index (χ3v) is 15.3. The summed E-state index contributed by atoms with van der Waals surface area (Å²) >= 11 is 0. The molecule has 0 aliphatic rings. The largest absolute Gasteiger partial charge is 0.462 e. The smallest absolute Gasteiger partial charge is 0.306 e. The molecule has 0 amide bonds. The van der Waals surface area contributed by atoms with Gasteiger partial charge in [0.1, 0.15) is 13.2 Å². The van der Waals surface area contributed by atoms with Crippen molar-refractivity contribution in [1.29, 1.82) is 0 Å². The van der Waals surface area contributed by atoms with E-state index in [2.05, 4.69) is 69.4 Å².